The summed E-state index contributed by atoms with van der Waals surface area (Å²) in [5, 5.41) is 0.0121. The molecule has 2 fully saturated rings. The number of anilines is 1. The normalized spacial score (nSPS) is 18.2. The van der Waals surface area contributed by atoms with Gasteiger partial charge in [-0.05, 0) is 25.8 Å². The highest BCUT2D eigenvalue weighted by atomic mass is 32.2. The predicted octanol–water partition coefficient (Wildman–Crippen LogP) is -0.189. The Morgan fingerprint density at radius 1 is 1.06 bits per heavy atom. The molecule has 0 aliphatic carbocycles. The van der Waals surface area contributed by atoms with Gasteiger partial charge in [-0.15, -0.1) is 0 Å². The molecule has 0 N–H and O–H groups in total. The SMILES string of the molecule is Cc1nc(S(=O)(=O)N2CCC(C(=O)OCC(=O)N3CCN(c4ncccn4)CC3)CC2)cn1C. The fourth-order valence-electron chi connectivity index (χ4n) is 4.07. The molecular weight excluding hydrogens is 462 g/mol. The van der Waals surface area contributed by atoms with Crippen molar-refractivity contribution in [1.29, 1.82) is 0 Å². The number of sulfonamides is 1. The summed E-state index contributed by atoms with van der Waals surface area (Å²) in [7, 11) is -1.96. The van der Waals surface area contributed by atoms with E-state index in [9.17, 15) is 18.0 Å². The lowest BCUT2D eigenvalue weighted by atomic mass is 9.98. The summed E-state index contributed by atoms with van der Waals surface area (Å²) in [5.74, 6) is 0.101. The average Bonchev–Trinajstić information content (AvgIpc) is 3.22. The van der Waals surface area contributed by atoms with Gasteiger partial charge in [0.1, 0.15) is 5.82 Å². The van der Waals surface area contributed by atoms with Gasteiger partial charge in [0.05, 0.1) is 5.92 Å². The number of carbonyl (C=O) groups excluding carboxylic acids is 2. The minimum Gasteiger partial charge on any atom is -0.455 e. The summed E-state index contributed by atoms with van der Waals surface area (Å²) in [6, 6.07) is 1.75. The van der Waals surface area contributed by atoms with Crippen LogP contribution in [0, 0.1) is 12.8 Å². The fourth-order valence-corrected chi connectivity index (χ4v) is 5.56. The molecule has 34 heavy (non-hydrogen) atoms. The van der Waals surface area contributed by atoms with E-state index in [4.69, 9.17) is 4.74 Å². The standard InChI is InChI=1S/C21H29N7O5S/c1-16-24-18(14-25(16)2)34(31,32)28-8-4-17(5-9-28)20(30)33-15-19(29)26-10-12-27(13-11-26)21-22-6-3-7-23-21/h3,6-7,14,17H,4-5,8-13,15H2,1-2H3. The van der Waals surface area contributed by atoms with Crippen LogP contribution in [0.5, 0.6) is 0 Å². The molecular formula is C21H29N7O5S. The molecule has 0 atom stereocenters. The zero-order chi connectivity index (χ0) is 24.3. The molecule has 0 bridgehead atoms. The molecule has 0 unspecified atom stereocenters. The zero-order valence-electron chi connectivity index (χ0n) is 19.3. The van der Waals surface area contributed by atoms with Crippen LogP contribution in [0.25, 0.3) is 0 Å². The molecule has 0 saturated carbocycles. The lowest BCUT2D eigenvalue weighted by Crippen LogP contribution is -2.50. The lowest BCUT2D eigenvalue weighted by molar-refractivity contribution is -0.156. The highest BCUT2D eigenvalue weighted by molar-refractivity contribution is 7.89. The second kappa shape index (κ2) is 10.1. The van der Waals surface area contributed by atoms with Gasteiger partial charge in [-0.25, -0.2) is 23.4 Å². The third kappa shape index (κ3) is 5.20. The first-order valence-corrected chi connectivity index (χ1v) is 12.7. The summed E-state index contributed by atoms with van der Waals surface area (Å²) in [6.45, 7) is 4.03. The van der Waals surface area contributed by atoms with Gasteiger partial charge in [-0.1, -0.05) is 0 Å². The number of rotatable bonds is 6. The molecule has 184 valence electrons. The van der Waals surface area contributed by atoms with E-state index in [1.165, 1.54) is 10.5 Å². The van der Waals surface area contributed by atoms with E-state index in [-0.39, 0.29) is 30.6 Å². The molecule has 0 aromatic carbocycles. The van der Waals surface area contributed by atoms with Crippen molar-refractivity contribution in [3.63, 3.8) is 0 Å². The molecule has 4 rings (SSSR count). The van der Waals surface area contributed by atoms with Gasteiger partial charge in [0.25, 0.3) is 15.9 Å². The first kappa shape index (κ1) is 24.1. The number of aromatic nitrogens is 4. The van der Waals surface area contributed by atoms with Gasteiger partial charge in [-0.3, -0.25) is 9.59 Å². The van der Waals surface area contributed by atoms with E-state index in [0.717, 1.165) is 0 Å². The predicted molar refractivity (Wildman–Crippen MR) is 121 cm³/mol. The van der Waals surface area contributed by atoms with Crippen molar-refractivity contribution < 1.29 is 22.7 Å². The molecule has 2 aliphatic heterocycles. The fraction of sp³-hybridized carbons (Fsp3) is 0.571. The van der Waals surface area contributed by atoms with Crippen LogP contribution in [-0.2, 0) is 31.4 Å². The van der Waals surface area contributed by atoms with Crippen molar-refractivity contribution in [2.45, 2.75) is 24.8 Å². The largest absolute Gasteiger partial charge is 0.455 e. The monoisotopic (exact) mass is 491 g/mol. The summed E-state index contributed by atoms with van der Waals surface area (Å²) < 4.78 is 33.9. The van der Waals surface area contributed by atoms with Crippen LogP contribution < -0.4 is 4.90 Å². The van der Waals surface area contributed by atoms with Crippen LogP contribution in [0.1, 0.15) is 18.7 Å². The van der Waals surface area contributed by atoms with Gasteiger partial charge in [0, 0.05) is 64.9 Å². The van der Waals surface area contributed by atoms with Crippen LogP contribution in [0.15, 0.2) is 29.7 Å². The molecule has 12 nitrogen and oxygen atoms in total. The number of amides is 1. The number of hydrogen-bond acceptors (Lipinski definition) is 9. The van der Waals surface area contributed by atoms with E-state index >= 15 is 0 Å². The van der Waals surface area contributed by atoms with Crippen molar-refractivity contribution in [3.05, 3.63) is 30.5 Å². The smallest absolute Gasteiger partial charge is 0.309 e. The molecule has 0 radical (unpaired) electrons. The molecule has 0 spiro atoms. The van der Waals surface area contributed by atoms with Gasteiger partial charge >= 0.3 is 5.97 Å². The minimum absolute atomic E-state index is 0.0121. The van der Waals surface area contributed by atoms with E-state index < -0.39 is 21.9 Å². The van der Waals surface area contributed by atoms with Gasteiger partial charge in [0.2, 0.25) is 5.95 Å². The Labute approximate surface area is 198 Å². The first-order valence-electron chi connectivity index (χ1n) is 11.2. The highest BCUT2D eigenvalue weighted by Gasteiger charge is 2.34. The maximum atomic E-state index is 12.8. The topological polar surface area (TPSA) is 131 Å². The quantitative estimate of drug-likeness (QED) is 0.505. The average molecular weight is 492 g/mol. The maximum Gasteiger partial charge on any atom is 0.309 e. The number of ether oxygens (including phenoxy) is 1. The minimum atomic E-state index is -3.70. The molecule has 2 aliphatic rings. The third-order valence-electron chi connectivity index (χ3n) is 6.28. The Balaban J connectivity index is 1.21. The van der Waals surface area contributed by atoms with Crippen LogP contribution in [0.3, 0.4) is 0 Å². The number of piperidine rings is 1. The summed E-state index contributed by atoms with van der Waals surface area (Å²) >= 11 is 0. The summed E-state index contributed by atoms with van der Waals surface area (Å²) in [4.78, 5) is 41.2. The van der Waals surface area contributed by atoms with E-state index in [0.29, 0.717) is 50.8 Å². The number of nitrogens with zero attached hydrogens (tertiary/aromatic N) is 7. The Hall–Kier alpha value is -3.06. The highest BCUT2D eigenvalue weighted by Crippen LogP contribution is 2.24. The number of aryl methyl sites for hydroxylation is 2. The van der Waals surface area contributed by atoms with Crippen LogP contribution in [0.4, 0.5) is 5.95 Å². The molecule has 2 saturated heterocycles. The second-order valence-corrected chi connectivity index (χ2v) is 10.3. The van der Waals surface area contributed by atoms with Crippen molar-refractivity contribution >= 4 is 27.8 Å². The molecule has 2 aromatic heterocycles. The van der Waals surface area contributed by atoms with Crippen molar-refractivity contribution in [2.24, 2.45) is 13.0 Å². The number of hydrogen-bond donors (Lipinski definition) is 0. The van der Waals surface area contributed by atoms with Gasteiger partial charge < -0.3 is 19.1 Å². The Morgan fingerprint density at radius 2 is 1.71 bits per heavy atom. The number of piperazine rings is 1. The first-order chi connectivity index (χ1) is 16.3. The van der Waals surface area contributed by atoms with Crippen molar-refractivity contribution in [1.82, 2.24) is 28.7 Å². The zero-order valence-corrected chi connectivity index (χ0v) is 20.1. The molecule has 4 heterocycles. The van der Waals surface area contributed by atoms with Gasteiger partial charge in [-0.2, -0.15) is 4.31 Å². The number of carbonyl (C=O) groups is 2. The molecule has 1 amide bonds. The molecule has 2 aromatic rings. The Bertz CT molecular complexity index is 1100. The van der Waals surface area contributed by atoms with Crippen molar-refractivity contribution in [3.8, 4) is 0 Å². The second-order valence-electron chi connectivity index (χ2n) is 8.44. The Morgan fingerprint density at radius 3 is 2.29 bits per heavy atom. The Kier molecular flexibility index (Phi) is 7.12. The summed E-state index contributed by atoms with van der Waals surface area (Å²) in [5.41, 5.74) is 0. The summed E-state index contributed by atoms with van der Waals surface area (Å²) in [6.07, 6.45) is 5.53. The third-order valence-corrected chi connectivity index (χ3v) is 8.05. The number of esters is 1. The van der Waals surface area contributed by atoms with Gasteiger partial charge in [0.15, 0.2) is 11.6 Å². The molecule has 13 heteroatoms. The maximum absolute atomic E-state index is 12.8. The van der Waals surface area contributed by atoms with Crippen molar-refractivity contribution in [2.75, 3.05) is 50.8 Å². The number of imidazole rings is 1. The van der Waals surface area contributed by atoms with Crippen LogP contribution >= 0.6 is 0 Å². The van der Waals surface area contributed by atoms with E-state index in [1.54, 1.807) is 41.9 Å². The van der Waals surface area contributed by atoms with E-state index in [1.807, 2.05) is 4.90 Å². The van der Waals surface area contributed by atoms with Crippen LogP contribution in [0.2, 0.25) is 0 Å². The van der Waals surface area contributed by atoms with Crippen LogP contribution in [-0.4, -0.2) is 94.9 Å². The lowest BCUT2D eigenvalue weighted by Gasteiger charge is -2.34. The van der Waals surface area contributed by atoms with E-state index in [2.05, 4.69) is 15.0 Å².